The number of fused-ring (bicyclic) bond motifs is 1. The lowest BCUT2D eigenvalue weighted by molar-refractivity contribution is -0.383. The van der Waals surface area contributed by atoms with Crippen molar-refractivity contribution in [3.05, 3.63) is 46.1 Å². The standard InChI is InChI=1S/C18H23N3O6/c1-18(2,3)27-17(24)20-10-8-14(22)16(23)12-6-7-13(21(25)26)11-5-4-9-19-15(11)12/h4-7,9,14,16,22-23H,8,10H2,1-3H3,(H,20,24). The lowest BCUT2D eigenvalue weighted by atomic mass is 9.98. The van der Waals surface area contributed by atoms with Crippen LogP contribution in [-0.2, 0) is 4.74 Å². The molecule has 1 aromatic carbocycles. The third-order valence-corrected chi connectivity index (χ3v) is 3.77. The number of alkyl carbamates (subject to hydrolysis) is 1. The van der Waals surface area contributed by atoms with Gasteiger partial charge in [-0.1, -0.05) is 0 Å². The van der Waals surface area contributed by atoms with Crippen molar-refractivity contribution in [2.24, 2.45) is 0 Å². The summed E-state index contributed by atoms with van der Waals surface area (Å²) in [5.74, 6) is 0. The number of hydrogen-bond donors (Lipinski definition) is 3. The molecular weight excluding hydrogens is 354 g/mol. The minimum absolute atomic E-state index is 0.0612. The SMILES string of the molecule is CC(C)(C)OC(=O)NCCC(O)C(O)c1ccc([N+](=O)[O-])c2cccnc12. The van der Waals surface area contributed by atoms with E-state index in [9.17, 15) is 25.1 Å². The van der Waals surface area contributed by atoms with E-state index in [0.29, 0.717) is 0 Å². The largest absolute Gasteiger partial charge is 0.444 e. The second kappa shape index (κ2) is 8.28. The van der Waals surface area contributed by atoms with Gasteiger partial charge in [0.15, 0.2) is 0 Å². The molecule has 27 heavy (non-hydrogen) atoms. The van der Waals surface area contributed by atoms with Crippen LogP contribution in [0.3, 0.4) is 0 Å². The van der Waals surface area contributed by atoms with Crippen molar-refractivity contribution in [3.8, 4) is 0 Å². The van der Waals surface area contributed by atoms with Crippen molar-refractivity contribution in [2.75, 3.05) is 6.54 Å². The number of ether oxygens (including phenoxy) is 1. The predicted octanol–water partition coefficient (Wildman–Crippen LogP) is 2.45. The molecule has 1 aromatic heterocycles. The fourth-order valence-corrected chi connectivity index (χ4v) is 2.58. The van der Waals surface area contributed by atoms with Crippen molar-refractivity contribution in [1.82, 2.24) is 10.3 Å². The van der Waals surface area contributed by atoms with Gasteiger partial charge >= 0.3 is 6.09 Å². The number of rotatable bonds is 6. The first kappa shape index (κ1) is 20.5. The summed E-state index contributed by atoms with van der Waals surface area (Å²) in [6, 6.07) is 5.75. The van der Waals surface area contributed by atoms with Crippen LogP contribution in [0.25, 0.3) is 10.9 Å². The molecule has 9 nitrogen and oxygen atoms in total. The molecule has 0 saturated heterocycles. The molecule has 146 valence electrons. The first-order valence-electron chi connectivity index (χ1n) is 8.45. The topological polar surface area (TPSA) is 135 Å². The zero-order valence-corrected chi connectivity index (χ0v) is 15.4. The van der Waals surface area contributed by atoms with Gasteiger partial charge in [0.1, 0.15) is 11.7 Å². The normalized spacial score (nSPS) is 13.8. The molecule has 1 heterocycles. The molecule has 2 aromatic rings. The maximum absolute atomic E-state index is 11.6. The molecule has 3 N–H and O–H groups in total. The van der Waals surface area contributed by atoms with E-state index in [-0.39, 0.29) is 35.1 Å². The van der Waals surface area contributed by atoms with E-state index in [1.54, 1.807) is 26.8 Å². The summed E-state index contributed by atoms with van der Waals surface area (Å²) < 4.78 is 5.09. The molecule has 0 radical (unpaired) electrons. The Balaban J connectivity index is 2.09. The van der Waals surface area contributed by atoms with Crippen molar-refractivity contribution < 1.29 is 24.7 Å². The highest BCUT2D eigenvalue weighted by Crippen LogP contribution is 2.31. The molecule has 0 aliphatic rings. The molecule has 9 heteroatoms. The zero-order valence-electron chi connectivity index (χ0n) is 15.4. The van der Waals surface area contributed by atoms with Crippen LogP contribution in [0.1, 0.15) is 38.9 Å². The smallest absolute Gasteiger partial charge is 0.407 e. The summed E-state index contributed by atoms with van der Waals surface area (Å²) >= 11 is 0. The van der Waals surface area contributed by atoms with Crippen LogP contribution in [0.2, 0.25) is 0 Å². The molecule has 0 aliphatic carbocycles. The minimum Gasteiger partial charge on any atom is -0.444 e. The summed E-state index contributed by atoms with van der Waals surface area (Å²) in [6.45, 7) is 5.29. The number of aliphatic hydroxyl groups is 2. The van der Waals surface area contributed by atoms with E-state index in [2.05, 4.69) is 10.3 Å². The summed E-state index contributed by atoms with van der Waals surface area (Å²) in [5, 5.41) is 34.6. The maximum Gasteiger partial charge on any atom is 0.407 e. The Bertz CT molecular complexity index is 833. The second-order valence-electron chi connectivity index (χ2n) is 7.06. The number of carbonyl (C=O) groups excluding carboxylic acids is 1. The highest BCUT2D eigenvalue weighted by atomic mass is 16.6. The van der Waals surface area contributed by atoms with E-state index >= 15 is 0 Å². The Morgan fingerprint density at radius 2 is 2.04 bits per heavy atom. The van der Waals surface area contributed by atoms with Crippen molar-refractivity contribution in [2.45, 2.75) is 45.0 Å². The highest BCUT2D eigenvalue weighted by Gasteiger charge is 2.24. The highest BCUT2D eigenvalue weighted by molar-refractivity contribution is 5.90. The second-order valence-corrected chi connectivity index (χ2v) is 7.06. The number of hydrogen-bond acceptors (Lipinski definition) is 7. The average Bonchev–Trinajstić information content (AvgIpc) is 2.58. The van der Waals surface area contributed by atoms with Crippen LogP contribution in [0.15, 0.2) is 30.5 Å². The lowest BCUT2D eigenvalue weighted by Crippen LogP contribution is -2.34. The fraction of sp³-hybridized carbons (Fsp3) is 0.444. The number of nitrogens with one attached hydrogen (secondary N) is 1. The molecule has 2 atom stereocenters. The Morgan fingerprint density at radius 1 is 1.33 bits per heavy atom. The Labute approximate surface area is 156 Å². The van der Waals surface area contributed by atoms with Crippen LogP contribution in [0.5, 0.6) is 0 Å². The Kier molecular flexibility index (Phi) is 6.29. The fourth-order valence-electron chi connectivity index (χ4n) is 2.58. The summed E-state index contributed by atoms with van der Waals surface area (Å²) in [4.78, 5) is 26.3. The zero-order chi connectivity index (χ0) is 20.2. The van der Waals surface area contributed by atoms with Crippen LogP contribution in [0, 0.1) is 10.1 Å². The molecule has 2 unspecified atom stereocenters. The van der Waals surface area contributed by atoms with Crippen LogP contribution in [-0.4, -0.2) is 44.5 Å². The molecule has 2 rings (SSSR count). The van der Waals surface area contributed by atoms with E-state index in [1.165, 1.54) is 24.4 Å². The summed E-state index contributed by atoms with van der Waals surface area (Å²) in [5.41, 5.74) is -0.236. The van der Waals surface area contributed by atoms with Crippen LogP contribution in [0.4, 0.5) is 10.5 Å². The number of non-ortho nitro benzene ring substituents is 1. The number of carbonyl (C=O) groups is 1. The molecule has 1 amide bonds. The van der Waals surface area contributed by atoms with Gasteiger partial charge in [0, 0.05) is 24.4 Å². The number of aromatic nitrogens is 1. The van der Waals surface area contributed by atoms with Gasteiger partial charge in [0.25, 0.3) is 5.69 Å². The molecule has 0 bridgehead atoms. The average molecular weight is 377 g/mol. The van der Waals surface area contributed by atoms with E-state index in [0.717, 1.165) is 0 Å². The molecule has 0 saturated carbocycles. The van der Waals surface area contributed by atoms with Gasteiger partial charge < -0.3 is 20.3 Å². The summed E-state index contributed by atoms with van der Waals surface area (Å²) in [7, 11) is 0. The van der Waals surface area contributed by atoms with Gasteiger partial charge in [-0.05, 0) is 45.4 Å². The number of pyridine rings is 1. The van der Waals surface area contributed by atoms with E-state index in [1.807, 2.05) is 0 Å². The van der Waals surface area contributed by atoms with Gasteiger partial charge in [-0.25, -0.2) is 4.79 Å². The van der Waals surface area contributed by atoms with Gasteiger partial charge in [-0.2, -0.15) is 0 Å². The first-order chi connectivity index (χ1) is 12.6. The maximum atomic E-state index is 11.6. The molecule has 0 aliphatic heterocycles. The van der Waals surface area contributed by atoms with E-state index < -0.39 is 28.8 Å². The first-order valence-corrected chi connectivity index (χ1v) is 8.45. The van der Waals surface area contributed by atoms with Gasteiger partial charge in [-0.3, -0.25) is 15.1 Å². The Morgan fingerprint density at radius 3 is 2.67 bits per heavy atom. The number of nitrogens with zero attached hydrogens (tertiary/aromatic N) is 2. The van der Waals surface area contributed by atoms with Gasteiger partial charge in [0.05, 0.1) is 21.9 Å². The quantitative estimate of drug-likeness (QED) is 0.520. The monoisotopic (exact) mass is 377 g/mol. The van der Waals surface area contributed by atoms with Crippen LogP contribution < -0.4 is 5.32 Å². The van der Waals surface area contributed by atoms with Crippen molar-refractivity contribution in [3.63, 3.8) is 0 Å². The van der Waals surface area contributed by atoms with Crippen LogP contribution >= 0.6 is 0 Å². The summed E-state index contributed by atoms with van der Waals surface area (Å²) in [6.07, 6.45) is -1.62. The Hall–Kier alpha value is -2.78. The predicted molar refractivity (Wildman–Crippen MR) is 98.2 cm³/mol. The van der Waals surface area contributed by atoms with Crippen molar-refractivity contribution in [1.29, 1.82) is 0 Å². The minimum atomic E-state index is -1.32. The number of benzene rings is 1. The lowest BCUT2D eigenvalue weighted by Gasteiger charge is -2.21. The number of nitro groups is 1. The third kappa shape index (κ3) is 5.35. The number of nitro benzene ring substituents is 1. The molecular formula is C18H23N3O6. The molecule has 0 spiro atoms. The van der Waals surface area contributed by atoms with Crippen molar-refractivity contribution >= 4 is 22.7 Å². The third-order valence-electron chi connectivity index (χ3n) is 3.77. The number of aliphatic hydroxyl groups excluding tert-OH is 2. The van der Waals surface area contributed by atoms with Gasteiger partial charge in [0.2, 0.25) is 0 Å². The molecule has 0 fully saturated rings. The van der Waals surface area contributed by atoms with E-state index in [4.69, 9.17) is 4.74 Å². The van der Waals surface area contributed by atoms with Gasteiger partial charge in [-0.15, -0.1) is 0 Å². The number of amides is 1.